The van der Waals surface area contributed by atoms with Gasteiger partial charge in [-0.1, -0.05) is 39.0 Å². The summed E-state index contributed by atoms with van der Waals surface area (Å²) in [6.07, 6.45) is 0.865. The first-order valence-electron chi connectivity index (χ1n) is 11.4. The standard InChI is InChI=1S/C26H34N4O4/c1-9-16(2)34-22-12-10-18(26(4,5)6)14-20(22)27-25(31)24-17(3)30(29-28-24)21-15-19(32-7)11-13-23(21)33-8/h10-16H,9H2,1-8H3,(H,27,31). The van der Waals surface area contributed by atoms with Gasteiger partial charge in [0, 0.05) is 6.07 Å². The second kappa shape index (κ2) is 10.2. The van der Waals surface area contributed by atoms with Gasteiger partial charge in [0.1, 0.15) is 22.9 Å². The minimum atomic E-state index is -0.370. The molecule has 8 nitrogen and oxygen atoms in total. The van der Waals surface area contributed by atoms with Gasteiger partial charge in [-0.3, -0.25) is 4.79 Å². The highest BCUT2D eigenvalue weighted by Crippen LogP contribution is 2.33. The molecular formula is C26H34N4O4. The third-order valence-corrected chi connectivity index (χ3v) is 5.72. The molecule has 0 saturated heterocycles. The summed E-state index contributed by atoms with van der Waals surface area (Å²) in [4.78, 5) is 13.3. The number of amides is 1. The molecule has 1 amide bonds. The number of hydrogen-bond acceptors (Lipinski definition) is 6. The van der Waals surface area contributed by atoms with Gasteiger partial charge < -0.3 is 19.5 Å². The minimum Gasteiger partial charge on any atom is -0.497 e. The van der Waals surface area contributed by atoms with E-state index in [1.165, 1.54) is 0 Å². The molecule has 0 aliphatic heterocycles. The molecule has 0 spiro atoms. The van der Waals surface area contributed by atoms with Crippen molar-refractivity contribution in [1.82, 2.24) is 15.0 Å². The van der Waals surface area contributed by atoms with Crippen molar-refractivity contribution in [3.05, 3.63) is 53.3 Å². The van der Waals surface area contributed by atoms with Gasteiger partial charge in [-0.05, 0) is 55.5 Å². The lowest BCUT2D eigenvalue weighted by atomic mass is 9.87. The molecule has 0 aliphatic carbocycles. The van der Waals surface area contributed by atoms with Crippen LogP contribution in [0.25, 0.3) is 5.69 Å². The van der Waals surface area contributed by atoms with E-state index < -0.39 is 0 Å². The molecule has 1 heterocycles. The molecule has 3 rings (SSSR count). The van der Waals surface area contributed by atoms with E-state index in [4.69, 9.17) is 14.2 Å². The third kappa shape index (κ3) is 5.32. The summed E-state index contributed by atoms with van der Waals surface area (Å²) in [5, 5.41) is 11.4. The maximum absolute atomic E-state index is 13.3. The van der Waals surface area contributed by atoms with Crippen LogP contribution in [0.15, 0.2) is 36.4 Å². The number of carbonyl (C=O) groups excluding carboxylic acids is 1. The van der Waals surface area contributed by atoms with Crippen LogP contribution in [0.4, 0.5) is 5.69 Å². The highest BCUT2D eigenvalue weighted by Gasteiger charge is 2.23. The lowest BCUT2D eigenvalue weighted by molar-refractivity contribution is 0.102. The van der Waals surface area contributed by atoms with Crippen LogP contribution in [0, 0.1) is 6.92 Å². The van der Waals surface area contributed by atoms with Crippen LogP contribution in [-0.2, 0) is 5.41 Å². The topological polar surface area (TPSA) is 87.5 Å². The molecule has 3 aromatic rings. The van der Waals surface area contributed by atoms with Gasteiger partial charge in [-0.2, -0.15) is 0 Å². The SMILES string of the molecule is CCC(C)Oc1ccc(C(C)(C)C)cc1NC(=O)c1nnn(-c2cc(OC)ccc2OC)c1C. The van der Waals surface area contributed by atoms with E-state index >= 15 is 0 Å². The summed E-state index contributed by atoms with van der Waals surface area (Å²) in [7, 11) is 3.16. The van der Waals surface area contributed by atoms with E-state index in [1.807, 2.05) is 25.1 Å². The number of nitrogens with zero attached hydrogens (tertiary/aromatic N) is 3. The monoisotopic (exact) mass is 466 g/mol. The number of nitrogens with one attached hydrogen (secondary N) is 1. The quantitative estimate of drug-likeness (QED) is 0.483. The first-order chi connectivity index (χ1) is 16.1. The van der Waals surface area contributed by atoms with Crippen molar-refractivity contribution in [2.24, 2.45) is 0 Å². The van der Waals surface area contributed by atoms with Crippen LogP contribution in [-0.4, -0.2) is 41.2 Å². The molecule has 34 heavy (non-hydrogen) atoms. The van der Waals surface area contributed by atoms with Crippen LogP contribution in [0.5, 0.6) is 17.2 Å². The number of methoxy groups -OCH3 is 2. The van der Waals surface area contributed by atoms with Crippen molar-refractivity contribution in [3.63, 3.8) is 0 Å². The van der Waals surface area contributed by atoms with Crippen molar-refractivity contribution < 1.29 is 19.0 Å². The molecule has 1 N–H and O–H groups in total. The number of rotatable bonds is 8. The highest BCUT2D eigenvalue weighted by atomic mass is 16.5. The largest absolute Gasteiger partial charge is 0.497 e. The normalized spacial score (nSPS) is 12.2. The Morgan fingerprint density at radius 3 is 2.41 bits per heavy atom. The van der Waals surface area contributed by atoms with Crippen LogP contribution in [0.1, 0.15) is 62.8 Å². The van der Waals surface area contributed by atoms with Gasteiger partial charge in [0.25, 0.3) is 5.91 Å². The Bertz CT molecular complexity index is 1160. The number of hydrogen-bond donors (Lipinski definition) is 1. The van der Waals surface area contributed by atoms with E-state index in [-0.39, 0.29) is 23.1 Å². The molecule has 0 radical (unpaired) electrons. The number of benzene rings is 2. The molecule has 0 saturated carbocycles. The van der Waals surface area contributed by atoms with Crippen LogP contribution in [0.2, 0.25) is 0 Å². The second-order valence-corrected chi connectivity index (χ2v) is 9.22. The Balaban J connectivity index is 1.98. The zero-order valence-electron chi connectivity index (χ0n) is 21.2. The van der Waals surface area contributed by atoms with Crippen molar-refractivity contribution >= 4 is 11.6 Å². The molecule has 0 aliphatic rings. The Kier molecular flexibility index (Phi) is 7.49. The van der Waals surface area contributed by atoms with Crippen molar-refractivity contribution in [3.8, 4) is 22.9 Å². The van der Waals surface area contributed by atoms with E-state index in [0.29, 0.717) is 34.3 Å². The second-order valence-electron chi connectivity index (χ2n) is 9.22. The molecule has 0 bridgehead atoms. The van der Waals surface area contributed by atoms with Gasteiger partial charge in [0.2, 0.25) is 0 Å². The van der Waals surface area contributed by atoms with Gasteiger partial charge in [-0.15, -0.1) is 5.10 Å². The molecule has 8 heteroatoms. The lowest BCUT2D eigenvalue weighted by Gasteiger charge is -2.23. The molecule has 1 atom stereocenters. The van der Waals surface area contributed by atoms with Gasteiger partial charge in [-0.25, -0.2) is 4.68 Å². The van der Waals surface area contributed by atoms with Gasteiger partial charge in [0.15, 0.2) is 5.69 Å². The molecule has 1 unspecified atom stereocenters. The Morgan fingerprint density at radius 2 is 1.79 bits per heavy atom. The minimum absolute atomic E-state index is 0.0132. The molecule has 0 fully saturated rings. The van der Waals surface area contributed by atoms with Crippen LogP contribution in [0.3, 0.4) is 0 Å². The van der Waals surface area contributed by atoms with Gasteiger partial charge >= 0.3 is 0 Å². The molecule has 1 aromatic heterocycles. The summed E-state index contributed by atoms with van der Waals surface area (Å²) in [6, 6.07) is 11.3. The van der Waals surface area contributed by atoms with E-state index in [0.717, 1.165) is 12.0 Å². The van der Waals surface area contributed by atoms with E-state index in [2.05, 4.69) is 43.3 Å². The first-order valence-corrected chi connectivity index (χ1v) is 11.4. The molecule has 2 aromatic carbocycles. The summed E-state index contributed by atoms with van der Waals surface area (Å²) < 4.78 is 18.4. The van der Waals surface area contributed by atoms with Crippen LogP contribution < -0.4 is 19.5 Å². The smallest absolute Gasteiger partial charge is 0.278 e. The fourth-order valence-corrected chi connectivity index (χ4v) is 3.41. The average molecular weight is 467 g/mol. The summed E-state index contributed by atoms with van der Waals surface area (Å²) in [6.45, 7) is 12.2. The number of carbonyl (C=O) groups is 1. The summed E-state index contributed by atoms with van der Waals surface area (Å²) >= 11 is 0. The summed E-state index contributed by atoms with van der Waals surface area (Å²) in [5.41, 5.74) is 3.00. The fraction of sp³-hybridized carbons (Fsp3) is 0.423. The van der Waals surface area contributed by atoms with E-state index in [9.17, 15) is 4.79 Å². The maximum atomic E-state index is 13.3. The highest BCUT2D eigenvalue weighted by molar-refractivity contribution is 6.04. The molecule has 182 valence electrons. The molecular weight excluding hydrogens is 432 g/mol. The maximum Gasteiger partial charge on any atom is 0.278 e. The number of anilines is 1. The Morgan fingerprint density at radius 1 is 1.09 bits per heavy atom. The number of ether oxygens (including phenoxy) is 3. The lowest BCUT2D eigenvalue weighted by Crippen LogP contribution is -2.18. The van der Waals surface area contributed by atoms with Crippen LogP contribution >= 0.6 is 0 Å². The summed E-state index contributed by atoms with van der Waals surface area (Å²) in [5.74, 6) is 1.48. The predicted octanol–water partition coefficient (Wildman–Crippen LogP) is 5.32. The third-order valence-electron chi connectivity index (χ3n) is 5.72. The number of aromatic nitrogens is 3. The Hall–Kier alpha value is -3.55. The first kappa shape index (κ1) is 25.1. The van der Waals surface area contributed by atoms with Crippen molar-refractivity contribution in [2.45, 2.75) is 59.5 Å². The Labute approximate surface area is 201 Å². The zero-order chi connectivity index (χ0) is 25.0. The average Bonchev–Trinajstić information content (AvgIpc) is 3.19. The zero-order valence-corrected chi connectivity index (χ0v) is 21.2. The van der Waals surface area contributed by atoms with Gasteiger partial charge in [0.05, 0.1) is 31.7 Å². The predicted molar refractivity (Wildman–Crippen MR) is 133 cm³/mol. The van der Waals surface area contributed by atoms with Crippen molar-refractivity contribution in [2.75, 3.05) is 19.5 Å². The van der Waals surface area contributed by atoms with E-state index in [1.54, 1.807) is 44.0 Å². The fourth-order valence-electron chi connectivity index (χ4n) is 3.41. The van der Waals surface area contributed by atoms with Crippen molar-refractivity contribution in [1.29, 1.82) is 0 Å².